The Balaban J connectivity index is 3.45. The van der Waals surface area contributed by atoms with Crippen LogP contribution in [0.15, 0.2) is 0 Å². The van der Waals surface area contributed by atoms with Crippen LogP contribution in [-0.4, -0.2) is 36.4 Å². The standard InChI is InChI=1S/C9H17F3INO/c1-7(2)8(5-13)14-3-4-15-6-9(10,11)12/h7-8,14H,3-6H2,1-2H3. The zero-order valence-electron chi connectivity index (χ0n) is 8.90. The van der Waals surface area contributed by atoms with Crippen LogP contribution >= 0.6 is 22.6 Å². The number of nitrogens with one attached hydrogen (secondary N) is 1. The van der Waals surface area contributed by atoms with E-state index in [1.807, 2.05) is 0 Å². The average molecular weight is 339 g/mol. The number of ether oxygens (including phenoxy) is 1. The maximum absolute atomic E-state index is 11.7. The minimum Gasteiger partial charge on any atom is -0.371 e. The summed E-state index contributed by atoms with van der Waals surface area (Å²) in [6, 6.07) is 0.333. The van der Waals surface area contributed by atoms with E-state index in [4.69, 9.17) is 0 Å². The molecule has 0 amide bonds. The summed E-state index contributed by atoms with van der Waals surface area (Å²) in [6.45, 7) is 3.55. The van der Waals surface area contributed by atoms with Crippen molar-refractivity contribution in [2.45, 2.75) is 26.1 Å². The summed E-state index contributed by atoms with van der Waals surface area (Å²) >= 11 is 2.26. The molecule has 0 aromatic heterocycles. The van der Waals surface area contributed by atoms with Gasteiger partial charge >= 0.3 is 6.18 Å². The first-order valence-corrected chi connectivity index (χ1v) is 6.33. The molecule has 1 unspecified atom stereocenters. The van der Waals surface area contributed by atoms with Crippen LogP contribution in [0.3, 0.4) is 0 Å². The third-order valence-electron chi connectivity index (χ3n) is 1.89. The smallest absolute Gasteiger partial charge is 0.371 e. The lowest BCUT2D eigenvalue weighted by molar-refractivity contribution is -0.173. The normalized spacial score (nSPS) is 14.6. The second-order valence-electron chi connectivity index (χ2n) is 3.63. The molecule has 0 bridgehead atoms. The second kappa shape index (κ2) is 7.67. The highest BCUT2D eigenvalue weighted by molar-refractivity contribution is 14.1. The summed E-state index contributed by atoms with van der Waals surface area (Å²) in [6.07, 6.45) is -4.22. The van der Waals surface area contributed by atoms with Gasteiger partial charge in [-0.25, -0.2) is 0 Å². The summed E-state index contributed by atoms with van der Waals surface area (Å²) in [5.74, 6) is 0.476. The van der Waals surface area contributed by atoms with Crippen LogP contribution in [0.2, 0.25) is 0 Å². The Kier molecular flexibility index (Phi) is 7.90. The van der Waals surface area contributed by atoms with Crippen LogP contribution in [0.5, 0.6) is 0 Å². The maximum Gasteiger partial charge on any atom is 0.411 e. The van der Waals surface area contributed by atoms with Crippen LogP contribution in [0.25, 0.3) is 0 Å². The monoisotopic (exact) mass is 339 g/mol. The lowest BCUT2D eigenvalue weighted by Gasteiger charge is -2.19. The first kappa shape index (κ1) is 15.4. The Bertz CT molecular complexity index is 164. The number of alkyl halides is 4. The predicted molar refractivity (Wildman–Crippen MR) is 62.4 cm³/mol. The summed E-state index contributed by atoms with van der Waals surface area (Å²) in [7, 11) is 0. The van der Waals surface area contributed by atoms with Gasteiger partial charge in [0.25, 0.3) is 0 Å². The molecule has 1 N–H and O–H groups in total. The minimum atomic E-state index is -4.22. The fourth-order valence-electron chi connectivity index (χ4n) is 0.973. The van der Waals surface area contributed by atoms with E-state index in [1.54, 1.807) is 0 Å². The van der Waals surface area contributed by atoms with E-state index < -0.39 is 12.8 Å². The van der Waals surface area contributed by atoms with Crippen molar-refractivity contribution in [2.24, 2.45) is 5.92 Å². The van der Waals surface area contributed by atoms with Crippen molar-refractivity contribution in [1.82, 2.24) is 5.32 Å². The van der Waals surface area contributed by atoms with Gasteiger partial charge in [-0.2, -0.15) is 13.2 Å². The van der Waals surface area contributed by atoms with Gasteiger partial charge in [0.1, 0.15) is 6.61 Å². The molecular formula is C9H17F3INO. The molecule has 0 aromatic carbocycles. The molecule has 0 spiro atoms. The summed E-state index contributed by atoms with van der Waals surface area (Å²) in [4.78, 5) is 0. The van der Waals surface area contributed by atoms with Gasteiger partial charge in [0.05, 0.1) is 6.61 Å². The van der Waals surface area contributed by atoms with Crippen molar-refractivity contribution < 1.29 is 17.9 Å². The van der Waals surface area contributed by atoms with Gasteiger partial charge in [0, 0.05) is 17.0 Å². The number of hydrogen-bond acceptors (Lipinski definition) is 2. The van der Waals surface area contributed by atoms with Crippen molar-refractivity contribution in [3.05, 3.63) is 0 Å². The first-order chi connectivity index (χ1) is 6.87. The molecule has 0 rings (SSSR count). The minimum absolute atomic E-state index is 0.0966. The Hall–Kier alpha value is 0.440. The zero-order chi connectivity index (χ0) is 11.9. The quantitative estimate of drug-likeness (QED) is 0.437. The number of rotatable bonds is 7. The molecule has 6 heteroatoms. The Morgan fingerprint density at radius 2 is 1.93 bits per heavy atom. The second-order valence-corrected chi connectivity index (χ2v) is 4.51. The molecule has 0 aliphatic heterocycles. The fraction of sp³-hybridized carbons (Fsp3) is 1.00. The van der Waals surface area contributed by atoms with Gasteiger partial charge in [-0.3, -0.25) is 0 Å². The first-order valence-electron chi connectivity index (χ1n) is 4.80. The molecular weight excluding hydrogens is 322 g/mol. The van der Waals surface area contributed by atoms with E-state index in [-0.39, 0.29) is 6.61 Å². The molecule has 0 heterocycles. The SMILES string of the molecule is CC(C)C(CI)NCCOCC(F)(F)F. The molecule has 0 aliphatic rings. The van der Waals surface area contributed by atoms with Crippen LogP contribution in [-0.2, 0) is 4.74 Å². The summed E-state index contributed by atoms with van der Waals surface area (Å²) < 4.78 is 40.5. The molecule has 0 aliphatic carbocycles. The van der Waals surface area contributed by atoms with Gasteiger partial charge < -0.3 is 10.1 Å². The van der Waals surface area contributed by atoms with Crippen molar-refractivity contribution in [2.75, 3.05) is 24.2 Å². The molecule has 0 aromatic rings. The largest absolute Gasteiger partial charge is 0.411 e. The van der Waals surface area contributed by atoms with Gasteiger partial charge in [-0.05, 0) is 5.92 Å². The topological polar surface area (TPSA) is 21.3 Å². The van der Waals surface area contributed by atoms with Gasteiger partial charge in [0.15, 0.2) is 0 Å². The van der Waals surface area contributed by atoms with Crippen LogP contribution in [0.4, 0.5) is 13.2 Å². The summed E-state index contributed by atoms with van der Waals surface area (Å²) in [5.41, 5.74) is 0. The number of hydrogen-bond donors (Lipinski definition) is 1. The Labute approximate surface area is 102 Å². The predicted octanol–water partition coefficient (Wildman–Crippen LogP) is 2.61. The van der Waals surface area contributed by atoms with Crippen LogP contribution < -0.4 is 5.32 Å². The molecule has 0 fully saturated rings. The zero-order valence-corrected chi connectivity index (χ0v) is 11.1. The van der Waals surface area contributed by atoms with E-state index >= 15 is 0 Å². The van der Waals surface area contributed by atoms with Crippen LogP contribution in [0, 0.1) is 5.92 Å². The molecule has 2 nitrogen and oxygen atoms in total. The van der Waals surface area contributed by atoms with Crippen LogP contribution in [0.1, 0.15) is 13.8 Å². The maximum atomic E-state index is 11.7. The molecule has 1 atom stereocenters. The fourth-order valence-corrected chi connectivity index (χ4v) is 2.30. The summed E-state index contributed by atoms with van der Waals surface area (Å²) in [5, 5.41) is 3.16. The van der Waals surface area contributed by atoms with Crippen molar-refractivity contribution in [3.8, 4) is 0 Å². The van der Waals surface area contributed by atoms with Gasteiger partial charge in [-0.15, -0.1) is 0 Å². The lowest BCUT2D eigenvalue weighted by Crippen LogP contribution is -2.37. The third kappa shape index (κ3) is 9.37. The number of halogens is 4. The van der Waals surface area contributed by atoms with E-state index in [0.29, 0.717) is 18.5 Å². The Morgan fingerprint density at radius 1 is 1.33 bits per heavy atom. The van der Waals surface area contributed by atoms with Gasteiger partial charge in [0.2, 0.25) is 0 Å². The highest BCUT2D eigenvalue weighted by Crippen LogP contribution is 2.14. The molecule has 92 valence electrons. The highest BCUT2D eigenvalue weighted by Gasteiger charge is 2.27. The average Bonchev–Trinajstić information content (AvgIpc) is 2.08. The molecule has 0 saturated carbocycles. The van der Waals surface area contributed by atoms with Gasteiger partial charge in [-0.1, -0.05) is 36.4 Å². The third-order valence-corrected chi connectivity index (χ3v) is 2.84. The highest BCUT2D eigenvalue weighted by atomic mass is 127. The van der Waals surface area contributed by atoms with Crippen molar-refractivity contribution in [3.63, 3.8) is 0 Å². The van der Waals surface area contributed by atoms with E-state index in [0.717, 1.165) is 4.43 Å². The van der Waals surface area contributed by atoms with Crippen molar-refractivity contribution in [1.29, 1.82) is 0 Å². The Morgan fingerprint density at radius 3 is 2.33 bits per heavy atom. The van der Waals surface area contributed by atoms with E-state index in [1.165, 1.54) is 0 Å². The molecule has 0 radical (unpaired) electrons. The molecule has 0 saturated heterocycles. The van der Waals surface area contributed by atoms with E-state index in [9.17, 15) is 13.2 Å². The molecule has 15 heavy (non-hydrogen) atoms. The van der Waals surface area contributed by atoms with Crippen molar-refractivity contribution >= 4 is 22.6 Å². The lowest BCUT2D eigenvalue weighted by atomic mass is 10.1. The van der Waals surface area contributed by atoms with E-state index in [2.05, 4.69) is 46.5 Å².